The summed E-state index contributed by atoms with van der Waals surface area (Å²) in [5.41, 5.74) is 1.34. The fourth-order valence-corrected chi connectivity index (χ4v) is 13.6. The van der Waals surface area contributed by atoms with Crippen LogP contribution in [-0.4, -0.2) is 101 Å². The summed E-state index contributed by atoms with van der Waals surface area (Å²) in [4.78, 5) is 75.9. The van der Waals surface area contributed by atoms with Crippen LogP contribution >= 0.6 is 11.6 Å². The van der Waals surface area contributed by atoms with Crippen LogP contribution in [0.2, 0.25) is 5.02 Å². The van der Waals surface area contributed by atoms with Gasteiger partial charge in [-0.2, -0.15) is 0 Å². The zero-order chi connectivity index (χ0) is 95.7. The van der Waals surface area contributed by atoms with Crippen LogP contribution in [0.15, 0.2) is 262 Å². The summed E-state index contributed by atoms with van der Waals surface area (Å²) in [6.07, 6.45) is 11.1. The minimum atomic E-state index is -1.30. The molecule has 5 aromatic heterocycles. The Hall–Kier alpha value is -16.8. The van der Waals surface area contributed by atoms with Crippen LogP contribution in [0.5, 0.6) is 17.2 Å². The van der Waals surface area contributed by atoms with Crippen LogP contribution in [-0.2, 0) is 0 Å². The molecule has 10 aromatic carbocycles. The van der Waals surface area contributed by atoms with Crippen molar-refractivity contribution in [3.8, 4) is 72.9 Å². The van der Waals surface area contributed by atoms with E-state index < -0.39 is 117 Å². The predicted molar refractivity (Wildman–Crippen MR) is 480 cm³/mol. The molecule has 17 rings (SSSR count). The molecule has 0 unspecified atom stereocenters. The van der Waals surface area contributed by atoms with E-state index in [4.69, 9.17) is 41.1 Å². The van der Waals surface area contributed by atoms with Crippen LogP contribution in [0.1, 0.15) is 94.5 Å². The first-order valence-electron chi connectivity index (χ1n) is 40.2. The average molecular weight is 1850 g/mol. The number of aromatic carboxylic acids is 5. The minimum Gasteiger partial charge on any atom is -0.497 e. The molecule has 2 aliphatic carbocycles. The van der Waals surface area contributed by atoms with E-state index in [1.807, 2.05) is 6.07 Å². The number of methoxy groups -OCH3 is 2. The molecule has 0 spiro atoms. The number of ether oxygens (including phenoxy) is 3. The number of carbonyl (C=O) groups is 5. The van der Waals surface area contributed by atoms with Crippen LogP contribution in [0.3, 0.4) is 0 Å². The lowest BCUT2D eigenvalue weighted by atomic mass is 9.99. The molecule has 0 atom stereocenters. The maximum Gasteiger partial charge on any atom is 0.339 e. The zero-order valence-corrected chi connectivity index (χ0v) is 70.8. The van der Waals surface area contributed by atoms with Gasteiger partial charge in [0.1, 0.15) is 144 Å². The van der Waals surface area contributed by atoms with Gasteiger partial charge in [0.2, 0.25) is 0 Å². The van der Waals surface area contributed by atoms with Gasteiger partial charge in [-0.1, -0.05) is 96.5 Å². The van der Waals surface area contributed by atoms with E-state index in [-0.39, 0.29) is 102 Å². The molecule has 2 aliphatic rings. The highest BCUT2D eigenvalue weighted by Gasteiger charge is 2.30. The molecular formula is C99H72ClF11N10O13. The van der Waals surface area contributed by atoms with Crippen LogP contribution in [0, 0.1) is 70.9 Å². The van der Waals surface area contributed by atoms with Gasteiger partial charge in [-0.3, -0.25) is 0 Å². The fraction of sp³-hybridized carbons (Fsp3) is 0.0909. The van der Waals surface area contributed by atoms with Crippen LogP contribution < -0.4 is 40.8 Å². The normalized spacial score (nSPS) is 11.7. The van der Waals surface area contributed by atoms with E-state index in [2.05, 4.69) is 51.5 Å². The fourth-order valence-electron chi connectivity index (χ4n) is 13.4. The number of anilines is 10. The van der Waals surface area contributed by atoms with Crippen LogP contribution in [0.25, 0.3) is 55.6 Å². The Labute approximate surface area is 759 Å². The third-order valence-corrected chi connectivity index (χ3v) is 20.7. The Morgan fingerprint density at radius 2 is 0.746 bits per heavy atom. The summed E-state index contributed by atoms with van der Waals surface area (Å²) in [7, 11) is 2.77. The summed E-state index contributed by atoms with van der Waals surface area (Å²) in [6, 6.07) is 55.6. The largest absolute Gasteiger partial charge is 0.497 e. The average Bonchev–Trinajstić information content (AvgIpc) is 1.42. The lowest BCUT2D eigenvalue weighted by Crippen LogP contribution is -2.07. The molecule has 680 valence electrons. The molecular weight excluding hydrogens is 1780 g/mol. The quantitative estimate of drug-likeness (QED) is 0.0238. The van der Waals surface area contributed by atoms with Crippen molar-refractivity contribution in [2.75, 3.05) is 40.8 Å². The van der Waals surface area contributed by atoms with Crippen LogP contribution in [0.4, 0.5) is 106 Å². The first-order chi connectivity index (χ1) is 64.3. The number of benzene rings is 10. The van der Waals surface area contributed by atoms with E-state index in [9.17, 15) is 82.5 Å². The lowest BCUT2D eigenvalue weighted by Gasteiger charge is -2.15. The van der Waals surface area contributed by atoms with Crippen molar-refractivity contribution >= 4 is 99.0 Å². The number of carboxylic acid groups (broad SMARTS) is 5. The molecule has 35 heteroatoms. The van der Waals surface area contributed by atoms with Gasteiger partial charge < -0.3 is 66.3 Å². The second-order valence-electron chi connectivity index (χ2n) is 29.4. The summed E-state index contributed by atoms with van der Waals surface area (Å²) >= 11 is 6.05. The Balaban J connectivity index is 0.000000142. The van der Waals surface area contributed by atoms with E-state index in [0.29, 0.717) is 55.8 Å². The maximum absolute atomic E-state index is 14.7. The zero-order valence-electron chi connectivity index (χ0n) is 70.1. The third-order valence-electron chi connectivity index (χ3n) is 20.4. The van der Waals surface area contributed by atoms with E-state index in [0.717, 1.165) is 67.6 Å². The molecule has 5 heterocycles. The molecule has 0 amide bonds. The van der Waals surface area contributed by atoms with Crippen molar-refractivity contribution in [3.05, 3.63) is 369 Å². The number of pyridine rings is 5. The molecule has 2 fully saturated rings. The molecule has 10 N–H and O–H groups in total. The SMILES string of the molecule is COc1cccc(-c2cc(F)c(Nc3ncc(C4CC4)cc3C(=O)O)cc2F)c1.COc1cccc(-c2cc(F)c(Nc3ncccc3C(=O)O)c(F)c2)c1F.Cc1c(-c2ccccc2)cc(F)c(Nc2ncccc2C(=O)O)c1F.O=C(O)c1cccnc1Nc1c(F)cc(-c2cccc(OC3CC3)c2)cc1F.O=C(O)c1cccnc1Nc1c(F)cc(-c2ccccc2Cl)cc1F. The molecule has 15 aromatic rings. The van der Waals surface area contributed by atoms with Gasteiger partial charge in [-0.25, -0.2) is 97.2 Å². The van der Waals surface area contributed by atoms with Crippen molar-refractivity contribution < 1.29 is 112 Å². The molecule has 0 bridgehead atoms. The lowest BCUT2D eigenvalue weighted by molar-refractivity contribution is 0.0686. The van der Waals surface area contributed by atoms with Crippen molar-refractivity contribution in [1.82, 2.24) is 24.9 Å². The van der Waals surface area contributed by atoms with Crippen molar-refractivity contribution in [2.24, 2.45) is 0 Å². The van der Waals surface area contributed by atoms with Gasteiger partial charge in [-0.05, 0) is 228 Å². The monoisotopic (exact) mass is 1850 g/mol. The number of carboxylic acids is 5. The second-order valence-corrected chi connectivity index (χ2v) is 29.8. The Kier molecular flexibility index (Phi) is 30.2. The number of hydrogen-bond acceptors (Lipinski definition) is 18. The number of aromatic nitrogens is 5. The van der Waals surface area contributed by atoms with E-state index in [1.54, 1.807) is 110 Å². The van der Waals surface area contributed by atoms with Gasteiger partial charge in [-0.15, -0.1) is 0 Å². The topological polar surface area (TPSA) is 339 Å². The van der Waals surface area contributed by atoms with E-state index in [1.165, 1.54) is 130 Å². The summed E-state index contributed by atoms with van der Waals surface area (Å²) in [5.74, 6) is -14.8. The standard InChI is InChI=1S/C22H18F2N2O3.C21H16F2N2O3.C19H13F3N2O3.C19H14F2N2O2.C18H11ClF2N2O2/c1-29-15-4-2-3-13(7-15)16-9-19(24)20(10-18(16)23)26-21-17(22(27)28)8-14(11-25-21)12-5-6-12;22-17-10-13(12-3-1-4-15(9-12)28-14-6-7-14)11-18(23)19(17)25-20-16(21(26)27)5-2-8-24-20;1-27-15-6-2-4-11(16(15)22)10-8-13(20)17(14(21)9-10)24-18-12(19(25)26)5-3-7-23-18;1-11-14(12-6-3-2-4-7-12)10-15(20)17(16(11)21)23-18-13(19(24)25)8-5-9-22-18;19-13-6-2-1-4-11(13)10-8-14(20)16(15(21)9-10)23-17-12(18(24)25)5-3-7-22-17/h2-4,7-12H,5-6H2,1H3,(H,25,26)(H,27,28);1-5,8-11,14H,6-7H2,(H,24,25)(H,26,27);2-9H,1H3,(H,23,24)(H,25,26);2-10H,1H3,(H,22,23)(H,24,25);1-9H,(H,22,23)(H,24,25). The first kappa shape index (κ1) is 94.8. The third kappa shape index (κ3) is 23.1. The Bertz CT molecular complexity index is 6920. The predicted octanol–water partition coefficient (Wildman–Crippen LogP) is 24.9. The number of hydrogen-bond donors (Lipinski definition) is 10. The summed E-state index contributed by atoms with van der Waals surface area (Å²) in [6.45, 7) is 1.54. The molecule has 0 radical (unpaired) electrons. The molecule has 0 saturated heterocycles. The van der Waals surface area contributed by atoms with Crippen molar-refractivity contribution in [3.63, 3.8) is 0 Å². The summed E-state index contributed by atoms with van der Waals surface area (Å²) < 4.78 is 176. The Morgan fingerprint density at radius 3 is 1.22 bits per heavy atom. The second kappa shape index (κ2) is 42.6. The number of rotatable bonds is 25. The highest BCUT2D eigenvalue weighted by atomic mass is 35.5. The van der Waals surface area contributed by atoms with Crippen molar-refractivity contribution in [2.45, 2.75) is 44.6 Å². The van der Waals surface area contributed by atoms with Gasteiger partial charge >= 0.3 is 29.8 Å². The molecule has 23 nitrogen and oxygen atoms in total. The van der Waals surface area contributed by atoms with E-state index >= 15 is 0 Å². The Morgan fingerprint density at radius 1 is 0.336 bits per heavy atom. The molecule has 134 heavy (non-hydrogen) atoms. The van der Waals surface area contributed by atoms with Gasteiger partial charge in [0.15, 0.2) is 17.4 Å². The highest BCUT2D eigenvalue weighted by Crippen LogP contribution is 2.43. The van der Waals surface area contributed by atoms with Gasteiger partial charge in [0.05, 0.1) is 26.0 Å². The molecule has 0 aliphatic heterocycles. The van der Waals surface area contributed by atoms with Gasteiger partial charge in [0.25, 0.3) is 0 Å². The molecule has 2 saturated carbocycles. The number of nitrogens with zero attached hydrogens (tertiary/aromatic N) is 5. The smallest absolute Gasteiger partial charge is 0.339 e. The van der Waals surface area contributed by atoms with Crippen molar-refractivity contribution in [1.29, 1.82) is 0 Å². The summed E-state index contributed by atoms with van der Waals surface area (Å²) in [5, 5.41) is 58.7. The minimum absolute atomic E-state index is 0.0330. The highest BCUT2D eigenvalue weighted by molar-refractivity contribution is 6.33. The number of halogens is 12. The maximum atomic E-state index is 14.7. The van der Waals surface area contributed by atoms with Gasteiger partial charge in [0, 0.05) is 58.8 Å². The number of nitrogens with one attached hydrogen (secondary N) is 5. The first-order valence-corrected chi connectivity index (χ1v) is 40.5.